The molecule has 0 heterocycles. The van der Waals surface area contributed by atoms with Crippen LogP contribution in [0.3, 0.4) is 0 Å². The van der Waals surface area contributed by atoms with E-state index in [0.29, 0.717) is 32.1 Å². The number of carbonyl (C=O) groups excluding carboxylic acids is 2. The summed E-state index contributed by atoms with van der Waals surface area (Å²) in [7, 11) is -4.76. The summed E-state index contributed by atoms with van der Waals surface area (Å²) >= 11 is 0. The van der Waals surface area contributed by atoms with Crippen LogP contribution < -0.4 is 0 Å². The van der Waals surface area contributed by atoms with E-state index in [1.807, 2.05) is 36.5 Å². The second kappa shape index (κ2) is 26.8. The fourth-order valence-corrected chi connectivity index (χ4v) is 3.98. The summed E-state index contributed by atoms with van der Waals surface area (Å²) in [4.78, 5) is 42.1. The Kier molecular flexibility index (Phi) is 25.5. The molecule has 9 nitrogen and oxygen atoms in total. The molecule has 41 heavy (non-hydrogen) atoms. The molecule has 0 aliphatic carbocycles. The third-order valence-electron chi connectivity index (χ3n) is 5.93. The Labute approximate surface area is 247 Å². The van der Waals surface area contributed by atoms with Crippen LogP contribution in [-0.4, -0.2) is 52.3 Å². The molecule has 0 rings (SSSR count). The van der Waals surface area contributed by atoms with Gasteiger partial charge < -0.3 is 24.4 Å². The number of phosphoric ester groups is 1. The summed E-state index contributed by atoms with van der Waals surface area (Å²) in [5.74, 6) is -1.01. The molecule has 10 heteroatoms. The summed E-state index contributed by atoms with van der Waals surface area (Å²) in [6.45, 7) is 3.38. The maximum atomic E-state index is 12.2. The lowest BCUT2D eigenvalue weighted by Gasteiger charge is -2.18. The van der Waals surface area contributed by atoms with Crippen LogP contribution in [0.2, 0.25) is 0 Å². The number of ether oxygens (including phenoxy) is 2. The number of hydrogen-bond acceptors (Lipinski definition) is 7. The smallest absolute Gasteiger partial charge is 0.462 e. The van der Waals surface area contributed by atoms with E-state index in [4.69, 9.17) is 19.3 Å². The molecule has 0 amide bonds. The number of rotatable bonds is 26. The molecule has 0 saturated carbocycles. The summed E-state index contributed by atoms with van der Waals surface area (Å²) in [6.07, 6.45) is 26.3. The normalized spacial score (nSPS) is 14.0. The van der Waals surface area contributed by atoms with E-state index in [0.717, 1.165) is 32.1 Å². The van der Waals surface area contributed by atoms with Gasteiger partial charge >= 0.3 is 19.8 Å². The van der Waals surface area contributed by atoms with Crippen molar-refractivity contribution in [3.63, 3.8) is 0 Å². The van der Waals surface area contributed by atoms with Gasteiger partial charge in [-0.2, -0.15) is 0 Å². The Hall–Kier alpha value is -2.03. The molecule has 0 fully saturated rings. The first-order chi connectivity index (χ1) is 19.7. The van der Waals surface area contributed by atoms with E-state index in [1.165, 1.54) is 19.3 Å². The molecule has 3 N–H and O–H groups in total. The lowest BCUT2D eigenvalue weighted by molar-refractivity contribution is -0.161. The van der Waals surface area contributed by atoms with Crippen LogP contribution >= 0.6 is 7.82 Å². The molecule has 0 bridgehead atoms. The zero-order valence-corrected chi connectivity index (χ0v) is 25.9. The molecule has 0 radical (unpaired) electrons. The van der Waals surface area contributed by atoms with E-state index in [1.54, 1.807) is 6.08 Å². The van der Waals surface area contributed by atoms with Crippen molar-refractivity contribution in [1.29, 1.82) is 0 Å². The Morgan fingerprint density at radius 2 is 1.41 bits per heavy atom. The highest BCUT2D eigenvalue weighted by molar-refractivity contribution is 7.46. The Bertz CT molecular complexity index is 829. The number of phosphoric acid groups is 1. The zero-order valence-electron chi connectivity index (χ0n) is 25.0. The first kappa shape index (κ1) is 39.0. The van der Waals surface area contributed by atoms with Gasteiger partial charge in [-0.15, -0.1) is 0 Å². The van der Waals surface area contributed by atoms with Crippen molar-refractivity contribution < 1.29 is 43.0 Å². The maximum Gasteiger partial charge on any atom is 0.469 e. The number of aliphatic hydroxyl groups is 1. The van der Waals surface area contributed by atoms with E-state index < -0.39 is 38.6 Å². The van der Waals surface area contributed by atoms with Crippen LogP contribution in [0.25, 0.3) is 0 Å². The van der Waals surface area contributed by atoms with Crippen LogP contribution in [0.15, 0.2) is 48.6 Å². The van der Waals surface area contributed by atoms with Crippen LogP contribution in [0, 0.1) is 0 Å². The van der Waals surface area contributed by atoms with Crippen molar-refractivity contribution in [2.45, 2.75) is 122 Å². The predicted octanol–water partition coefficient (Wildman–Crippen LogP) is 7.03. The molecule has 0 aliphatic heterocycles. The van der Waals surface area contributed by atoms with Crippen molar-refractivity contribution in [1.82, 2.24) is 0 Å². The predicted molar refractivity (Wildman–Crippen MR) is 162 cm³/mol. The Morgan fingerprint density at radius 3 is 2.15 bits per heavy atom. The average Bonchev–Trinajstić information content (AvgIpc) is 2.92. The van der Waals surface area contributed by atoms with Crippen molar-refractivity contribution >= 4 is 19.8 Å². The SMILES string of the molecule is CCCCC/C=C\C[C@H](O)/C=C/C=C\C/C=C\CCCC(=O)O[C@H](COC(=O)CCCCCCC)COP(=O)(O)O. The second-order valence-corrected chi connectivity index (χ2v) is 11.2. The molecule has 2 atom stereocenters. The van der Waals surface area contributed by atoms with Crippen molar-refractivity contribution in [2.24, 2.45) is 0 Å². The van der Waals surface area contributed by atoms with Gasteiger partial charge in [0.05, 0.1) is 12.7 Å². The fourth-order valence-electron chi connectivity index (χ4n) is 3.62. The molecule has 236 valence electrons. The minimum atomic E-state index is -4.76. The Morgan fingerprint density at radius 1 is 0.756 bits per heavy atom. The van der Waals surface area contributed by atoms with Gasteiger partial charge in [-0.05, 0) is 44.9 Å². The van der Waals surface area contributed by atoms with E-state index in [-0.39, 0.29) is 19.4 Å². The monoisotopic (exact) mass is 600 g/mol. The molecule has 0 aromatic rings. The molecule has 0 unspecified atom stereocenters. The lowest BCUT2D eigenvalue weighted by atomic mass is 10.1. The number of carbonyl (C=O) groups is 2. The minimum Gasteiger partial charge on any atom is -0.462 e. The van der Waals surface area contributed by atoms with Gasteiger partial charge in [-0.25, -0.2) is 4.57 Å². The standard InChI is InChI=1S/C31H53O9P/c1-3-5-7-9-15-18-22-28(32)23-19-16-12-10-11-13-17-21-25-31(34)40-29(27-39-41(35,36)37)26-38-30(33)24-20-14-8-6-4-2/h11-13,15-16,18-19,23,28-29,32H,3-10,14,17,20-22,24-27H2,1-2H3,(H2,35,36,37)/b13-11-,16-12-,18-15-,23-19+/t28-,29+/m0/s1. The summed E-state index contributed by atoms with van der Waals surface area (Å²) in [6, 6.07) is 0. The molecule has 0 saturated heterocycles. The topological polar surface area (TPSA) is 140 Å². The van der Waals surface area contributed by atoms with Gasteiger partial charge in [0, 0.05) is 12.8 Å². The molecular weight excluding hydrogens is 547 g/mol. The largest absolute Gasteiger partial charge is 0.469 e. The quantitative estimate of drug-likeness (QED) is 0.0314. The average molecular weight is 601 g/mol. The van der Waals surface area contributed by atoms with Crippen LogP contribution in [0.5, 0.6) is 0 Å². The van der Waals surface area contributed by atoms with Crippen molar-refractivity contribution in [3.8, 4) is 0 Å². The van der Waals surface area contributed by atoms with Crippen LogP contribution in [0.4, 0.5) is 0 Å². The lowest BCUT2D eigenvalue weighted by Crippen LogP contribution is -2.29. The molecule has 0 aliphatic rings. The third-order valence-corrected chi connectivity index (χ3v) is 6.42. The fraction of sp³-hybridized carbons (Fsp3) is 0.677. The molecule has 0 aromatic carbocycles. The highest BCUT2D eigenvalue weighted by Gasteiger charge is 2.22. The van der Waals surface area contributed by atoms with Crippen LogP contribution in [0.1, 0.15) is 110 Å². The number of esters is 2. The number of allylic oxidation sites excluding steroid dienone is 6. The van der Waals surface area contributed by atoms with Crippen LogP contribution in [-0.2, 0) is 28.2 Å². The Balaban J connectivity index is 4.23. The number of aliphatic hydroxyl groups excluding tert-OH is 1. The first-order valence-corrected chi connectivity index (χ1v) is 16.6. The highest BCUT2D eigenvalue weighted by Crippen LogP contribution is 2.35. The first-order valence-electron chi connectivity index (χ1n) is 15.0. The molecule has 0 aromatic heterocycles. The minimum absolute atomic E-state index is 0.103. The second-order valence-electron chi connectivity index (χ2n) is 9.93. The van der Waals surface area contributed by atoms with Gasteiger partial charge in [-0.1, -0.05) is 101 Å². The third kappa shape index (κ3) is 29.3. The summed E-state index contributed by atoms with van der Waals surface area (Å²) in [5.41, 5.74) is 0. The van der Waals surface area contributed by atoms with Gasteiger partial charge in [0.15, 0.2) is 6.10 Å². The zero-order chi connectivity index (χ0) is 30.6. The number of hydrogen-bond donors (Lipinski definition) is 3. The van der Waals surface area contributed by atoms with Gasteiger partial charge in [0.25, 0.3) is 0 Å². The van der Waals surface area contributed by atoms with Gasteiger partial charge in [0.1, 0.15) is 6.61 Å². The molecule has 0 spiro atoms. The van der Waals surface area contributed by atoms with Crippen molar-refractivity contribution in [3.05, 3.63) is 48.6 Å². The number of unbranched alkanes of at least 4 members (excludes halogenated alkanes) is 8. The van der Waals surface area contributed by atoms with E-state index >= 15 is 0 Å². The van der Waals surface area contributed by atoms with E-state index in [9.17, 15) is 19.3 Å². The van der Waals surface area contributed by atoms with Gasteiger partial charge in [-0.3, -0.25) is 14.1 Å². The van der Waals surface area contributed by atoms with Crippen molar-refractivity contribution in [2.75, 3.05) is 13.2 Å². The molecular formula is C31H53O9P. The summed E-state index contributed by atoms with van der Waals surface area (Å²) < 4.78 is 25.9. The maximum absolute atomic E-state index is 12.2. The van der Waals surface area contributed by atoms with Gasteiger partial charge in [0.2, 0.25) is 0 Å². The highest BCUT2D eigenvalue weighted by atomic mass is 31.2. The summed E-state index contributed by atoms with van der Waals surface area (Å²) in [5, 5.41) is 9.94. The van der Waals surface area contributed by atoms with E-state index in [2.05, 4.69) is 24.4 Å².